The maximum absolute atomic E-state index is 5.45. The summed E-state index contributed by atoms with van der Waals surface area (Å²) in [5, 5.41) is 3.41. The van der Waals surface area contributed by atoms with Crippen LogP contribution in [-0.2, 0) is 11.3 Å². The maximum atomic E-state index is 5.45. The quantitative estimate of drug-likeness (QED) is 0.876. The lowest BCUT2D eigenvalue weighted by molar-refractivity contribution is 0.122. The average Bonchev–Trinajstić information content (AvgIpc) is 2.50. The van der Waals surface area contributed by atoms with E-state index < -0.39 is 0 Å². The highest BCUT2D eigenvalue weighted by molar-refractivity contribution is 5.53. The minimum Gasteiger partial charge on any atom is -0.378 e. The van der Waals surface area contributed by atoms with Gasteiger partial charge in [0.2, 0.25) is 0 Å². The number of morpholine rings is 1. The number of para-hydroxylation sites is 1. The Labute approximate surface area is 115 Å². The van der Waals surface area contributed by atoms with Crippen molar-refractivity contribution in [3.8, 4) is 0 Å². The minimum absolute atomic E-state index is 0.849. The van der Waals surface area contributed by atoms with Crippen LogP contribution in [0.1, 0.15) is 5.56 Å². The molecule has 0 saturated carbocycles. The fourth-order valence-corrected chi connectivity index (χ4v) is 2.87. The molecular weight excluding hydrogens is 238 g/mol. The zero-order valence-corrected chi connectivity index (χ0v) is 11.5. The van der Waals surface area contributed by atoms with Crippen LogP contribution in [-0.4, -0.2) is 57.4 Å². The molecule has 0 radical (unpaired) electrons. The van der Waals surface area contributed by atoms with Gasteiger partial charge in [-0.3, -0.25) is 4.90 Å². The van der Waals surface area contributed by atoms with Gasteiger partial charge in [-0.2, -0.15) is 0 Å². The Hall–Kier alpha value is -1.10. The Bertz CT molecular complexity index is 398. The first-order chi connectivity index (χ1) is 9.43. The number of hydrogen-bond acceptors (Lipinski definition) is 4. The van der Waals surface area contributed by atoms with E-state index in [1.54, 1.807) is 0 Å². The zero-order chi connectivity index (χ0) is 12.9. The van der Waals surface area contributed by atoms with Crippen LogP contribution >= 0.6 is 0 Å². The highest BCUT2D eigenvalue weighted by atomic mass is 16.5. The predicted molar refractivity (Wildman–Crippen MR) is 77.6 cm³/mol. The number of ether oxygens (including phenoxy) is 1. The van der Waals surface area contributed by atoms with Crippen molar-refractivity contribution < 1.29 is 4.74 Å². The van der Waals surface area contributed by atoms with Crippen molar-refractivity contribution in [1.82, 2.24) is 10.2 Å². The summed E-state index contributed by atoms with van der Waals surface area (Å²) < 4.78 is 5.45. The zero-order valence-electron chi connectivity index (χ0n) is 11.5. The van der Waals surface area contributed by atoms with E-state index in [-0.39, 0.29) is 0 Å². The minimum atomic E-state index is 0.849. The Morgan fingerprint density at radius 2 is 1.74 bits per heavy atom. The van der Waals surface area contributed by atoms with Crippen LogP contribution < -0.4 is 10.2 Å². The second kappa shape index (κ2) is 6.37. The van der Waals surface area contributed by atoms with E-state index in [0.29, 0.717) is 0 Å². The van der Waals surface area contributed by atoms with E-state index in [9.17, 15) is 0 Å². The van der Waals surface area contributed by atoms with Crippen molar-refractivity contribution in [2.24, 2.45) is 0 Å². The molecule has 0 aliphatic carbocycles. The topological polar surface area (TPSA) is 27.7 Å². The van der Waals surface area contributed by atoms with Crippen LogP contribution in [0.5, 0.6) is 0 Å². The summed E-state index contributed by atoms with van der Waals surface area (Å²) in [6.07, 6.45) is 0. The first-order valence-electron chi connectivity index (χ1n) is 7.27. The van der Waals surface area contributed by atoms with E-state index in [2.05, 4.69) is 39.4 Å². The van der Waals surface area contributed by atoms with Gasteiger partial charge in [0, 0.05) is 51.5 Å². The van der Waals surface area contributed by atoms with Crippen molar-refractivity contribution in [1.29, 1.82) is 0 Å². The number of nitrogens with one attached hydrogen (secondary N) is 1. The van der Waals surface area contributed by atoms with E-state index in [4.69, 9.17) is 4.74 Å². The van der Waals surface area contributed by atoms with Gasteiger partial charge >= 0.3 is 0 Å². The van der Waals surface area contributed by atoms with Gasteiger partial charge in [-0.15, -0.1) is 0 Å². The number of anilines is 1. The molecule has 2 fully saturated rings. The molecule has 0 amide bonds. The third kappa shape index (κ3) is 3.26. The smallest absolute Gasteiger partial charge is 0.0642 e. The lowest BCUT2D eigenvalue weighted by Gasteiger charge is -2.33. The average molecular weight is 261 g/mol. The van der Waals surface area contributed by atoms with Gasteiger partial charge in [0.05, 0.1) is 13.2 Å². The van der Waals surface area contributed by atoms with E-state index in [0.717, 1.165) is 59.0 Å². The standard InChI is InChI=1S/C15H23N3O/c1-2-4-15(18-9-11-19-12-10-18)14(3-1)13-17-7-5-16-6-8-17/h1-4,16H,5-13H2. The summed E-state index contributed by atoms with van der Waals surface area (Å²) in [4.78, 5) is 5.00. The summed E-state index contributed by atoms with van der Waals surface area (Å²) in [6.45, 7) is 9.31. The van der Waals surface area contributed by atoms with E-state index in [1.807, 2.05) is 0 Å². The van der Waals surface area contributed by atoms with Gasteiger partial charge in [0.1, 0.15) is 0 Å². The van der Waals surface area contributed by atoms with Gasteiger partial charge < -0.3 is 15.0 Å². The highest BCUT2D eigenvalue weighted by Crippen LogP contribution is 2.23. The molecule has 0 spiro atoms. The van der Waals surface area contributed by atoms with Crippen LogP contribution in [0.15, 0.2) is 24.3 Å². The molecule has 1 aromatic rings. The van der Waals surface area contributed by atoms with E-state index >= 15 is 0 Å². The SMILES string of the molecule is c1ccc(N2CCOCC2)c(CN2CCNCC2)c1. The molecule has 2 aliphatic rings. The Morgan fingerprint density at radius 3 is 2.53 bits per heavy atom. The predicted octanol–water partition coefficient (Wildman–Crippen LogP) is 0.928. The summed E-state index contributed by atoms with van der Waals surface area (Å²) in [6, 6.07) is 8.82. The number of rotatable bonds is 3. The number of piperazine rings is 1. The Balaban J connectivity index is 1.72. The lowest BCUT2D eigenvalue weighted by Crippen LogP contribution is -2.43. The van der Waals surface area contributed by atoms with Crippen molar-refractivity contribution in [2.75, 3.05) is 57.4 Å². The molecule has 0 atom stereocenters. The Morgan fingerprint density at radius 1 is 1.00 bits per heavy atom. The fourth-order valence-electron chi connectivity index (χ4n) is 2.87. The summed E-state index contributed by atoms with van der Waals surface area (Å²) >= 11 is 0. The molecule has 0 aromatic heterocycles. The summed E-state index contributed by atoms with van der Waals surface area (Å²) in [7, 11) is 0. The normalized spacial score (nSPS) is 21.6. The molecule has 1 aromatic carbocycles. The number of nitrogens with zero attached hydrogens (tertiary/aromatic N) is 2. The molecule has 0 unspecified atom stereocenters. The van der Waals surface area contributed by atoms with Gasteiger partial charge in [0.25, 0.3) is 0 Å². The molecular formula is C15H23N3O. The van der Waals surface area contributed by atoms with Crippen LogP contribution in [0.3, 0.4) is 0 Å². The van der Waals surface area contributed by atoms with Gasteiger partial charge in [0.15, 0.2) is 0 Å². The van der Waals surface area contributed by atoms with Crippen LogP contribution in [0, 0.1) is 0 Å². The first kappa shape index (κ1) is 12.9. The van der Waals surface area contributed by atoms with Gasteiger partial charge in [-0.1, -0.05) is 18.2 Å². The highest BCUT2D eigenvalue weighted by Gasteiger charge is 2.16. The third-order valence-electron chi connectivity index (χ3n) is 3.95. The molecule has 104 valence electrons. The van der Waals surface area contributed by atoms with Crippen molar-refractivity contribution in [3.05, 3.63) is 29.8 Å². The molecule has 4 heteroatoms. The van der Waals surface area contributed by atoms with Gasteiger partial charge in [-0.05, 0) is 11.6 Å². The van der Waals surface area contributed by atoms with Crippen molar-refractivity contribution >= 4 is 5.69 Å². The largest absolute Gasteiger partial charge is 0.378 e. The summed E-state index contributed by atoms with van der Waals surface area (Å²) in [5.74, 6) is 0. The molecule has 19 heavy (non-hydrogen) atoms. The van der Waals surface area contributed by atoms with Crippen molar-refractivity contribution in [2.45, 2.75) is 6.54 Å². The summed E-state index contributed by atoms with van der Waals surface area (Å²) in [5.41, 5.74) is 2.84. The molecule has 2 heterocycles. The molecule has 2 aliphatic heterocycles. The van der Waals surface area contributed by atoms with Crippen LogP contribution in [0.2, 0.25) is 0 Å². The second-order valence-electron chi connectivity index (χ2n) is 5.25. The van der Waals surface area contributed by atoms with Crippen LogP contribution in [0.4, 0.5) is 5.69 Å². The lowest BCUT2D eigenvalue weighted by atomic mass is 10.1. The monoisotopic (exact) mass is 261 g/mol. The second-order valence-corrected chi connectivity index (χ2v) is 5.25. The van der Waals surface area contributed by atoms with Gasteiger partial charge in [-0.25, -0.2) is 0 Å². The number of hydrogen-bond donors (Lipinski definition) is 1. The molecule has 4 nitrogen and oxygen atoms in total. The fraction of sp³-hybridized carbons (Fsp3) is 0.600. The number of benzene rings is 1. The van der Waals surface area contributed by atoms with Crippen molar-refractivity contribution in [3.63, 3.8) is 0 Å². The maximum Gasteiger partial charge on any atom is 0.0642 e. The first-order valence-corrected chi connectivity index (χ1v) is 7.27. The Kier molecular flexibility index (Phi) is 4.33. The molecule has 3 rings (SSSR count). The molecule has 2 saturated heterocycles. The van der Waals surface area contributed by atoms with Crippen LogP contribution in [0.25, 0.3) is 0 Å². The molecule has 1 N–H and O–H groups in total. The van der Waals surface area contributed by atoms with E-state index in [1.165, 1.54) is 11.3 Å². The molecule has 0 bridgehead atoms. The third-order valence-corrected chi connectivity index (χ3v) is 3.95.